The van der Waals surface area contributed by atoms with Crippen LogP contribution in [0, 0.1) is 20.8 Å². The second-order valence-corrected chi connectivity index (χ2v) is 5.49. The number of amides is 1. The minimum absolute atomic E-state index is 0.145. The van der Waals surface area contributed by atoms with Gasteiger partial charge in [-0.25, -0.2) is 0 Å². The molecule has 0 radical (unpaired) electrons. The lowest BCUT2D eigenvalue weighted by atomic mass is 10.0. The molecule has 0 aliphatic rings. The predicted octanol–water partition coefficient (Wildman–Crippen LogP) is 4.91. The van der Waals surface area contributed by atoms with E-state index in [0.29, 0.717) is 6.42 Å². The summed E-state index contributed by atoms with van der Waals surface area (Å²) in [6.45, 7) is 8.39. The molecule has 2 heteroatoms. The molecule has 1 amide bonds. The second kappa shape index (κ2) is 7.98. The summed E-state index contributed by atoms with van der Waals surface area (Å²) >= 11 is 0. The van der Waals surface area contributed by atoms with Crippen molar-refractivity contribution in [1.29, 1.82) is 0 Å². The summed E-state index contributed by atoms with van der Waals surface area (Å²) in [5.41, 5.74) is 4.53. The van der Waals surface area contributed by atoms with E-state index in [1.54, 1.807) is 0 Å². The van der Waals surface area contributed by atoms with Crippen LogP contribution in [0.15, 0.2) is 12.1 Å². The number of carbonyl (C=O) groups excluding carboxylic acids is 1. The average Bonchev–Trinajstić information content (AvgIpc) is 2.33. The number of anilines is 1. The molecule has 1 aromatic carbocycles. The fraction of sp³-hybridized carbons (Fsp3) is 0.588. The van der Waals surface area contributed by atoms with Crippen molar-refractivity contribution in [2.45, 2.75) is 66.2 Å². The highest BCUT2D eigenvalue weighted by molar-refractivity contribution is 5.92. The first-order valence-corrected chi connectivity index (χ1v) is 7.42. The van der Waals surface area contributed by atoms with E-state index in [-0.39, 0.29) is 5.91 Å². The molecule has 0 bridgehead atoms. The fourth-order valence-electron chi connectivity index (χ4n) is 2.47. The lowest BCUT2D eigenvalue weighted by molar-refractivity contribution is -0.116. The number of carbonyl (C=O) groups is 1. The monoisotopic (exact) mass is 261 g/mol. The summed E-state index contributed by atoms with van der Waals surface area (Å²) in [5, 5.41) is 3.06. The second-order valence-electron chi connectivity index (χ2n) is 5.49. The van der Waals surface area contributed by atoms with Gasteiger partial charge in [0.05, 0.1) is 0 Å². The third-order valence-corrected chi connectivity index (χ3v) is 3.45. The number of hydrogen-bond donors (Lipinski definition) is 1. The maximum Gasteiger partial charge on any atom is 0.224 e. The molecule has 0 fully saturated rings. The van der Waals surface area contributed by atoms with Crippen molar-refractivity contribution in [2.24, 2.45) is 0 Å². The molecule has 0 heterocycles. The molecule has 0 saturated carbocycles. The molecule has 1 rings (SSSR count). The molecule has 1 N–H and O–H groups in total. The van der Waals surface area contributed by atoms with Gasteiger partial charge in [0.25, 0.3) is 0 Å². The van der Waals surface area contributed by atoms with Gasteiger partial charge in [0, 0.05) is 12.1 Å². The van der Waals surface area contributed by atoms with E-state index in [0.717, 1.165) is 29.7 Å². The highest BCUT2D eigenvalue weighted by Gasteiger charge is 2.07. The van der Waals surface area contributed by atoms with E-state index in [1.807, 2.05) is 0 Å². The van der Waals surface area contributed by atoms with E-state index in [9.17, 15) is 4.79 Å². The van der Waals surface area contributed by atoms with E-state index in [1.165, 1.54) is 24.8 Å². The van der Waals surface area contributed by atoms with Crippen molar-refractivity contribution in [3.63, 3.8) is 0 Å². The molecule has 2 nitrogen and oxygen atoms in total. The van der Waals surface area contributed by atoms with E-state index in [4.69, 9.17) is 0 Å². The molecule has 0 saturated heterocycles. The molecule has 0 aliphatic heterocycles. The van der Waals surface area contributed by atoms with Crippen LogP contribution >= 0.6 is 0 Å². The number of aryl methyl sites for hydroxylation is 3. The van der Waals surface area contributed by atoms with Gasteiger partial charge in [-0.2, -0.15) is 0 Å². The van der Waals surface area contributed by atoms with Gasteiger partial charge in [0.1, 0.15) is 0 Å². The molecule has 0 unspecified atom stereocenters. The normalized spacial score (nSPS) is 10.5. The van der Waals surface area contributed by atoms with Gasteiger partial charge in [-0.15, -0.1) is 0 Å². The summed E-state index contributed by atoms with van der Waals surface area (Å²) < 4.78 is 0. The van der Waals surface area contributed by atoms with Crippen LogP contribution in [0.5, 0.6) is 0 Å². The van der Waals surface area contributed by atoms with Gasteiger partial charge >= 0.3 is 0 Å². The smallest absolute Gasteiger partial charge is 0.224 e. The third kappa shape index (κ3) is 5.46. The standard InChI is InChI=1S/C17H27NO/c1-5-6-7-8-9-10-16(19)18-17-14(3)11-13(2)12-15(17)4/h11-12H,5-10H2,1-4H3,(H,18,19). The Hall–Kier alpha value is -1.31. The van der Waals surface area contributed by atoms with Crippen LogP contribution in [-0.4, -0.2) is 5.91 Å². The Balaban J connectivity index is 2.44. The minimum atomic E-state index is 0.145. The van der Waals surface area contributed by atoms with Crippen LogP contribution in [0.4, 0.5) is 5.69 Å². The molecule has 106 valence electrons. The Bertz CT molecular complexity index is 400. The SMILES string of the molecule is CCCCCCCC(=O)Nc1c(C)cc(C)cc1C. The summed E-state index contributed by atoms with van der Waals surface area (Å²) in [7, 11) is 0. The fourth-order valence-corrected chi connectivity index (χ4v) is 2.47. The summed E-state index contributed by atoms with van der Waals surface area (Å²) in [6.07, 6.45) is 6.55. The van der Waals surface area contributed by atoms with E-state index >= 15 is 0 Å². The zero-order chi connectivity index (χ0) is 14.3. The lowest BCUT2D eigenvalue weighted by Crippen LogP contribution is -2.13. The molecular formula is C17H27NO. The zero-order valence-corrected chi connectivity index (χ0v) is 12.8. The molecule has 0 atom stereocenters. The van der Waals surface area contributed by atoms with Gasteiger partial charge < -0.3 is 5.32 Å². The van der Waals surface area contributed by atoms with Gasteiger partial charge in [-0.3, -0.25) is 4.79 Å². The topological polar surface area (TPSA) is 29.1 Å². The Kier molecular flexibility index (Phi) is 6.61. The third-order valence-electron chi connectivity index (χ3n) is 3.45. The summed E-state index contributed by atoms with van der Waals surface area (Å²) in [6, 6.07) is 4.23. The number of nitrogens with one attached hydrogen (secondary N) is 1. The minimum Gasteiger partial charge on any atom is -0.326 e. The highest BCUT2D eigenvalue weighted by Crippen LogP contribution is 2.22. The van der Waals surface area contributed by atoms with Crippen LogP contribution in [-0.2, 0) is 4.79 Å². The molecule has 0 aromatic heterocycles. The number of benzene rings is 1. The summed E-state index contributed by atoms with van der Waals surface area (Å²) in [4.78, 5) is 11.9. The highest BCUT2D eigenvalue weighted by atomic mass is 16.1. The van der Waals surface area contributed by atoms with Crippen molar-refractivity contribution >= 4 is 11.6 Å². The molecular weight excluding hydrogens is 234 g/mol. The first-order chi connectivity index (χ1) is 9.04. The zero-order valence-electron chi connectivity index (χ0n) is 12.8. The number of hydrogen-bond acceptors (Lipinski definition) is 1. The van der Waals surface area contributed by atoms with Gasteiger partial charge in [0.2, 0.25) is 5.91 Å². The van der Waals surface area contributed by atoms with Crippen LogP contribution in [0.1, 0.15) is 62.1 Å². The van der Waals surface area contributed by atoms with Crippen LogP contribution < -0.4 is 5.32 Å². The average molecular weight is 261 g/mol. The quantitative estimate of drug-likeness (QED) is 0.694. The van der Waals surface area contributed by atoms with Gasteiger partial charge in [-0.1, -0.05) is 50.3 Å². The first-order valence-electron chi connectivity index (χ1n) is 7.42. The largest absolute Gasteiger partial charge is 0.326 e. The number of rotatable bonds is 7. The van der Waals surface area contributed by atoms with Crippen LogP contribution in [0.25, 0.3) is 0 Å². The van der Waals surface area contributed by atoms with Gasteiger partial charge in [-0.05, 0) is 38.3 Å². The maximum atomic E-state index is 11.9. The first kappa shape index (κ1) is 15.7. The van der Waals surface area contributed by atoms with Gasteiger partial charge in [0.15, 0.2) is 0 Å². The Morgan fingerprint density at radius 3 is 2.16 bits per heavy atom. The summed E-state index contributed by atoms with van der Waals surface area (Å²) in [5.74, 6) is 0.145. The molecule has 1 aromatic rings. The van der Waals surface area contributed by atoms with Crippen molar-refractivity contribution in [3.05, 3.63) is 28.8 Å². The van der Waals surface area contributed by atoms with Crippen molar-refractivity contribution < 1.29 is 4.79 Å². The van der Waals surface area contributed by atoms with Crippen LogP contribution in [0.2, 0.25) is 0 Å². The Labute approximate surface area is 117 Å². The van der Waals surface area contributed by atoms with Crippen molar-refractivity contribution in [3.8, 4) is 0 Å². The van der Waals surface area contributed by atoms with Crippen molar-refractivity contribution in [1.82, 2.24) is 0 Å². The maximum absolute atomic E-state index is 11.9. The van der Waals surface area contributed by atoms with E-state index < -0.39 is 0 Å². The molecule has 0 aliphatic carbocycles. The van der Waals surface area contributed by atoms with Crippen molar-refractivity contribution in [2.75, 3.05) is 5.32 Å². The Morgan fingerprint density at radius 1 is 1.00 bits per heavy atom. The van der Waals surface area contributed by atoms with Crippen LogP contribution in [0.3, 0.4) is 0 Å². The number of unbranched alkanes of at least 4 members (excludes halogenated alkanes) is 4. The Morgan fingerprint density at radius 2 is 1.58 bits per heavy atom. The molecule has 19 heavy (non-hydrogen) atoms. The van der Waals surface area contributed by atoms with E-state index in [2.05, 4.69) is 45.1 Å². The molecule has 0 spiro atoms. The predicted molar refractivity (Wildman–Crippen MR) is 82.7 cm³/mol. The lowest BCUT2D eigenvalue weighted by Gasteiger charge is -2.12.